The molecule has 3 heteroatoms. The summed E-state index contributed by atoms with van der Waals surface area (Å²) in [5, 5.41) is 10.1. The van der Waals surface area contributed by atoms with Crippen LogP contribution in [0.2, 0.25) is 0 Å². The van der Waals surface area contributed by atoms with Gasteiger partial charge in [-0.2, -0.15) is 0 Å². The standard InChI is InChI=1S/C6H8O2S/c7-4-3-6-2-1-5-9(6)8/h1-2,5,7H,3-4H2. The Morgan fingerprint density at radius 3 is 2.89 bits per heavy atom. The Labute approximate surface area is 56.6 Å². The highest BCUT2D eigenvalue weighted by atomic mass is 32.2. The minimum atomic E-state index is -0.940. The van der Waals surface area contributed by atoms with Crippen molar-refractivity contribution < 1.29 is 9.66 Å². The highest BCUT2D eigenvalue weighted by Gasteiger charge is 2.01. The Kier molecular flexibility index (Phi) is 2.22. The summed E-state index contributed by atoms with van der Waals surface area (Å²) >= 11 is 0. The zero-order chi connectivity index (χ0) is 6.69. The molecule has 1 rings (SSSR count). The molecule has 0 radical (unpaired) electrons. The van der Waals surface area contributed by atoms with E-state index in [0.29, 0.717) is 6.42 Å². The van der Waals surface area contributed by atoms with Crippen LogP contribution >= 0.6 is 10.8 Å². The third-order valence-corrected chi connectivity index (χ3v) is 2.36. The minimum absolute atomic E-state index is 0.0826. The van der Waals surface area contributed by atoms with E-state index in [2.05, 4.69) is 0 Å². The lowest BCUT2D eigenvalue weighted by molar-refractivity contribution is 0.300. The van der Waals surface area contributed by atoms with Crippen LogP contribution in [0.15, 0.2) is 17.5 Å². The fourth-order valence-electron chi connectivity index (χ4n) is 0.667. The van der Waals surface area contributed by atoms with E-state index in [-0.39, 0.29) is 6.61 Å². The molecule has 0 saturated carbocycles. The predicted octanol–water partition coefficient (Wildman–Crippen LogP) is 0.949. The van der Waals surface area contributed by atoms with Crippen molar-refractivity contribution in [3.63, 3.8) is 0 Å². The summed E-state index contributed by atoms with van der Waals surface area (Å²) in [6.45, 7) is 0.0826. The average Bonchev–Trinajstić information content (AvgIpc) is 2.18. The van der Waals surface area contributed by atoms with Crippen molar-refractivity contribution in [2.75, 3.05) is 6.61 Å². The number of aliphatic hydroxyl groups excluding tert-OH is 1. The van der Waals surface area contributed by atoms with Crippen molar-refractivity contribution in [3.8, 4) is 0 Å². The SMILES string of the molecule is [O-][s+]1cccc1CCO. The second-order valence-electron chi connectivity index (χ2n) is 1.73. The Bertz CT molecular complexity index is 183. The molecule has 50 valence electrons. The van der Waals surface area contributed by atoms with Crippen LogP contribution in [0.25, 0.3) is 0 Å². The average molecular weight is 144 g/mol. The van der Waals surface area contributed by atoms with Gasteiger partial charge in [0.05, 0.1) is 6.61 Å². The first kappa shape index (κ1) is 6.74. The molecule has 0 aromatic carbocycles. The molecule has 1 aromatic heterocycles. The molecule has 0 aliphatic heterocycles. The van der Waals surface area contributed by atoms with Gasteiger partial charge in [0.2, 0.25) is 0 Å². The van der Waals surface area contributed by atoms with Gasteiger partial charge in [0, 0.05) is 6.42 Å². The molecule has 0 bridgehead atoms. The number of hydrogen-bond donors (Lipinski definition) is 1. The lowest BCUT2D eigenvalue weighted by atomic mass is 10.4. The van der Waals surface area contributed by atoms with Crippen molar-refractivity contribution in [1.82, 2.24) is 0 Å². The van der Waals surface area contributed by atoms with Gasteiger partial charge in [-0.05, 0) is 12.1 Å². The zero-order valence-corrected chi connectivity index (χ0v) is 5.73. The number of rotatable bonds is 2. The van der Waals surface area contributed by atoms with Gasteiger partial charge >= 0.3 is 0 Å². The van der Waals surface area contributed by atoms with Gasteiger partial charge in [-0.1, -0.05) is 10.8 Å². The lowest BCUT2D eigenvalue weighted by Crippen LogP contribution is -1.86. The first-order valence-corrected chi connectivity index (χ1v) is 3.94. The maximum Gasteiger partial charge on any atom is 0.151 e. The second-order valence-corrected chi connectivity index (χ2v) is 3.12. The van der Waals surface area contributed by atoms with Crippen LogP contribution in [0.1, 0.15) is 4.88 Å². The summed E-state index contributed by atoms with van der Waals surface area (Å²) in [6, 6.07) is 3.54. The predicted molar refractivity (Wildman–Crippen MR) is 35.9 cm³/mol. The molecular formula is C6H8O2S. The van der Waals surface area contributed by atoms with E-state index in [1.807, 2.05) is 0 Å². The van der Waals surface area contributed by atoms with E-state index in [9.17, 15) is 4.55 Å². The van der Waals surface area contributed by atoms with Gasteiger partial charge in [0.25, 0.3) is 0 Å². The molecular weight excluding hydrogens is 136 g/mol. The minimum Gasteiger partial charge on any atom is -0.590 e. The lowest BCUT2D eigenvalue weighted by Gasteiger charge is -1.91. The van der Waals surface area contributed by atoms with Crippen LogP contribution in [-0.4, -0.2) is 16.3 Å². The maximum atomic E-state index is 10.8. The molecule has 0 saturated heterocycles. The van der Waals surface area contributed by atoms with Crippen LogP contribution < -0.4 is 0 Å². The van der Waals surface area contributed by atoms with E-state index in [1.54, 1.807) is 17.5 Å². The Morgan fingerprint density at radius 1 is 1.67 bits per heavy atom. The van der Waals surface area contributed by atoms with Gasteiger partial charge in [0.1, 0.15) is 5.38 Å². The summed E-state index contributed by atoms with van der Waals surface area (Å²) in [5.74, 6) is 0. The molecule has 2 nitrogen and oxygen atoms in total. The molecule has 9 heavy (non-hydrogen) atoms. The fourth-order valence-corrected chi connectivity index (χ4v) is 1.57. The highest BCUT2D eigenvalue weighted by molar-refractivity contribution is 7.23. The first-order chi connectivity index (χ1) is 4.34. The normalized spacial score (nSPS) is 12.0. The monoisotopic (exact) mass is 144 g/mol. The largest absolute Gasteiger partial charge is 0.590 e. The maximum absolute atomic E-state index is 10.8. The molecule has 0 aliphatic carbocycles. The molecule has 1 heterocycles. The summed E-state index contributed by atoms with van der Waals surface area (Å²) in [7, 11) is -0.940. The number of aliphatic hydroxyl groups is 1. The second kappa shape index (κ2) is 2.96. The molecule has 1 atom stereocenters. The van der Waals surface area contributed by atoms with Gasteiger partial charge in [-0.3, -0.25) is 0 Å². The van der Waals surface area contributed by atoms with Crippen molar-refractivity contribution in [2.45, 2.75) is 6.42 Å². The van der Waals surface area contributed by atoms with Crippen LogP contribution in [-0.2, 0) is 6.42 Å². The molecule has 1 unspecified atom stereocenters. The summed E-state index contributed by atoms with van der Waals surface area (Å²) in [6.07, 6.45) is 0.527. The van der Waals surface area contributed by atoms with Gasteiger partial charge in [-0.15, -0.1) is 0 Å². The van der Waals surface area contributed by atoms with Crippen LogP contribution in [0.4, 0.5) is 0 Å². The Morgan fingerprint density at radius 2 is 2.44 bits per heavy atom. The molecule has 1 aromatic rings. The topological polar surface area (TPSA) is 43.3 Å². The van der Waals surface area contributed by atoms with E-state index in [1.165, 1.54) is 0 Å². The highest BCUT2D eigenvalue weighted by Crippen LogP contribution is 2.19. The number of hydrogen-bond acceptors (Lipinski definition) is 2. The molecule has 0 aliphatic rings. The van der Waals surface area contributed by atoms with Crippen molar-refractivity contribution in [3.05, 3.63) is 22.4 Å². The van der Waals surface area contributed by atoms with Crippen molar-refractivity contribution >= 4 is 10.8 Å². The van der Waals surface area contributed by atoms with E-state index >= 15 is 0 Å². The van der Waals surface area contributed by atoms with Gasteiger partial charge in [0.15, 0.2) is 4.88 Å². The molecule has 0 spiro atoms. The van der Waals surface area contributed by atoms with E-state index < -0.39 is 10.8 Å². The van der Waals surface area contributed by atoms with E-state index in [4.69, 9.17) is 5.11 Å². The quantitative estimate of drug-likeness (QED) is 0.628. The Balaban J connectivity index is 2.69. The smallest absolute Gasteiger partial charge is 0.151 e. The molecule has 0 amide bonds. The van der Waals surface area contributed by atoms with Crippen LogP contribution in [0.5, 0.6) is 0 Å². The molecule has 0 fully saturated rings. The third kappa shape index (κ3) is 1.51. The van der Waals surface area contributed by atoms with Crippen LogP contribution in [0.3, 0.4) is 0 Å². The first-order valence-electron chi connectivity index (χ1n) is 2.73. The summed E-state index contributed by atoms with van der Waals surface area (Å²) < 4.78 is 10.8. The third-order valence-electron chi connectivity index (χ3n) is 1.10. The summed E-state index contributed by atoms with van der Waals surface area (Å²) in [5.41, 5.74) is 0. The van der Waals surface area contributed by atoms with Gasteiger partial charge < -0.3 is 9.66 Å². The Hall–Kier alpha value is -0.380. The zero-order valence-electron chi connectivity index (χ0n) is 4.91. The van der Waals surface area contributed by atoms with Crippen molar-refractivity contribution in [2.24, 2.45) is 0 Å². The summed E-state index contributed by atoms with van der Waals surface area (Å²) in [4.78, 5) is 0.817. The van der Waals surface area contributed by atoms with Crippen LogP contribution in [0, 0.1) is 0 Å². The fraction of sp³-hybridized carbons (Fsp3) is 0.333. The van der Waals surface area contributed by atoms with Crippen molar-refractivity contribution in [1.29, 1.82) is 0 Å². The van der Waals surface area contributed by atoms with E-state index in [0.717, 1.165) is 4.88 Å². The number of thiophene rings is 1. The molecule has 1 N–H and O–H groups in total. The van der Waals surface area contributed by atoms with Gasteiger partial charge in [-0.25, -0.2) is 0 Å².